The Bertz CT molecular complexity index is 2700. The predicted octanol–water partition coefficient (Wildman–Crippen LogP) is 7.59. The third kappa shape index (κ3) is 10.2. The number of fused-ring (bicyclic) bond motifs is 3. The molecule has 372 valence electrons. The first-order valence-corrected chi connectivity index (χ1v) is 23.9. The van der Waals surface area contributed by atoms with Crippen LogP contribution in [0.1, 0.15) is 70.7 Å². The highest BCUT2D eigenvalue weighted by Crippen LogP contribution is 2.49. The second kappa shape index (κ2) is 21.8. The van der Waals surface area contributed by atoms with Crippen LogP contribution in [0, 0.1) is 17.8 Å². The quantitative estimate of drug-likeness (QED) is 0.0466. The van der Waals surface area contributed by atoms with Gasteiger partial charge in [0.2, 0.25) is 11.8 Å². The fraction of sp³-hybridized carbons (Fsp3) is 0.462. The molecule has 0 unspecified atom stereocenters. The Hall–Kier alpha value is -6.92. The van der Waals surface area contributed by atoms with E-state index >= 15 is 0 Å². The number of nitrogens with one attached hydrogen (secondary N) is 4. The van der Waals surface area contributed by atoms with Gasteiger partial charge in [0.1, 0.15) is 36.9 Å². The van der Waals surface area contributed by atoms with Gasteiger partial charge in [-0.1, -0.05) is 70.2 Å². The number of methoxy groups -OCH3 is 4. The largest absolute Gasteiger partial charge is 0.487 e. The molecule has 6 atom stereocenters. The zero-order chi connectivity index (χ0) is 49.6. The summed E-state index contributed by atoms with van der Waals surface area (Å²) in [6.45, 7) is 9.33. The number of aromatic nitrogens is 4. The van der Waals surface area contributed by atoms with Crippen molar-refractivity contribution in [2.24, 2.45) is 17.8 Å². The summed E-state index contributed by atoms with van der Waals surface area (Å²) in [6, 6.07) is 16.0. The van der Waals surface area contributed by atoms with Crippen molar-refractivity contribution in [2.75, 3.05) is 61.4 Å². The molecule has 4 amide bonds. The molecule has 0 radical (unpaired) electrons. The van der Waals surface area contributed by atoms with Crippen LogP contribution >= 0.6 is 0 Å². The summed E-state index contributed by atoms with van der Waals surface area (Å²) in [6.07, 6.45) is 6.97. The Balaban J connectivity index is 1.08. The summed E-state index contributed by atoms with van der Waals surface area (Å²) < 4.78 is 33.5. The molecule has 8 rings (SSSR count). The van der Waals surface area contributed by atoms with Crippen molar-refractivity contribution >= 4 is 35.0 Å². The van der Waals surface area contributed by atoms with Crippen molar-refractivity contribution in [2.45, 2.75) is 77.2 Å². The molecular formula is C52H64N8O10. The van der Waals surface area contributed by atoms with Gasteiger partial charge in [0.15, 0.2) is 11.5 Å². The van der Waals surface area contributed by atoms with E-state index in [-0.39, 0.29) is 60.9 Å². The van der Waals surface area contributed by atoms with Crippen LogP contribution in [0.15, 0.2) is 72.9 Å². The molecule has 4 N–H and O–H groups in total. The van der Waals surface area contributed by atoms with Gasteiger partial charge in [0, 0.05) is 37.8 Å². The van der Waals surface area contributed by atoms with E-state index in [0.717, 1.165) is 52.5 Å². The molecule has 3 aromatic carbocycles. The molecule has 1 aliphatic carbocycles. The lowest BCUT2D eigenvalue weighted by Crippen LogP contribution is -2.53. The van der Waals surface area contributed by atoms with Gasteiger partial charge in [-0.2, -0.15) is 0 Å². The van der Waals surface area contributed by atoms with E-state index in [1.54, 1.807) is 20.4 Å². The molecule has 0 spiro atoms. The summed E-state index contributed by atoms with van der Waals surface area (Å²) in [5.74, 6) is 1.71. The minimum Gasteiger partial charge on any atom is -0.487 e. The van der Waals surface area contributed by atoms with Crippen LogP contribution in [0.5, 0.6) is 11.5 Å². The summed E-state index contributed by atoms with van der Waals surface area (Å²) in [7, 11) is 5.81. The van der Waals surface area contributed by atoms with Gasteiger partial charge in [-0.15, -0.1) is 0 Å². The van der Waals surface area contributed by atoms with Crippen LogP contribution in [0.3, 0.4) is 0 Å². The Kier molecular flexibility index (Phi) is 15.4. The van der Waals surface area contributed by atoms with Crippen LogP contribution < -0.4 is 20.1 Å². The smallest absolute Gasteiger partial charge is 0.407 e. The molecule has 2 saturated heterocycles. The number of imidazole rings is 2. The van der Waals surface area contributed by atoms with Crippen molar-refractivity contribution < 1.29 is 47.6 Å². The summed E-state index contributed by atoms with van der Waals surface area (Å²) in [4.78, 5) is 72.9. The summed E-state index contributed by atoms with van der Waals surface area (Å²) >= 11 is 0. The molecule has 18 nitrogen and oxygen atoms in total. The number of hydrogen-bond donors (Lipinski definition) is 4. The number of nitrogens with zero attached hydrogens (tertiary/aromatic N) is 4. The van der Waals surface area contributed by atoms with Crippen LogP contribution in [0.4, 0.5) is 9.59 Å². The third-order valence-electron chi connectivity index (χ3n) is 13.4. The van der Waals surface area contributed by atoms with Crippen LogP contribution in [-0.4, -0.2) is 133 Å². The molecule has 18 heteroatoms. The van der Waals surface area contributed by atoms with Gasteiger partial charge in [-0.25, -0.2) is 19.6 Å². The molecule has 4 heterocycles. The average Bonchev–Trinajstić information content (AvgIpc) is 4.23. The SMILES string of the molecule is COCCOc1c(-c2ccc(-c3ccc4nc([C@@H]5CCCN5C(=O)[C@@H](NC(=O)OC)C(C)C)[nH]c4c3)cc2)ccc(-c2cnc([C@@H]3[C@@H]4C=C[C@H](C4)N3C(=O)[C@@H](NC(=O)OC)C(C)C)[nH]2)c1OCCOC. The minimum absolute atomic E-state index is 0.0375. The van der Waals surface area contributed by atoms with E-state index in [9.17, 15) is 19.2 Å². The number of alkyl carbamates (subject to hydrolysis) is 2. The van der Waals surface area contributed by atoms with E-state index in [2.05, 4.69) is 51.0 Å². The number of H-pyrrole nitrogens is 2. The zero-order valence-electron chi connectivity index (χ0n) is 41.1. The summed E-state index contributed by atoms with van der Waals surface area (Å²) in [5.41, 5.74) is 6.68. The second-order valence-electron chi connectivity index (χ2n) is 18.6. The lowest BCUT2D eigenvalue weighted by molar-refractivity contribution is -0.137. The Morgan fingerprint density at radius 1 is 0.714 bits per heavy atom. The maximum Gasteiger partial charge on any atom is 0.407 e. The van der Waals surface area contributed by atoms with Crippen LogP contribution in [-0.2, 0) is 28.5 Å². The Morgan fingerprint density at radius 3 is 1.97 bits per heavy atom. The normalized spacial score (nSPS) is 19.2. The predicted molar refractivity (Wildman–Crippen MR) is 262 cm³/mol. The van der Waals surface area contributed by atoms with Crippen molar-refractivity contribution in [3.63, 3.8) is 0 Å². The van der Waals surface area contributed by atoms with Crippen LogP contribution in [0.25, 0.3) is 44.5 Å². The number of benzene rings is 3. The number of likely N-dealkylation sites (tertiary alicyclic amines) is 2. The molecule has 2 fully saturated rings. The van der Waals surface area contributed by atoms with Gasteiger partial charge in [0.25, 0.3) is 0 Å². The Morgan fingerprint density at radius 2 is 1.33 bits per heavy atom. The van der Waals surface area contributed by atoms with E-state index in [0.29, 0.717) is 54.2 Å². The lowest BCUT2D eigenvalue weighted by atomic mass is 9.97. The molecular weight excluding hydrogens is 897 g/mol. The summed E-state index contributed by atoms with van der Waals surface area (Å²) in [5, 5.41) is 5.46. The highest BCUT2D eigenvalue weighted by atomic mass is 16.6. The van der Waals surface area contributed by atoms with Crippen molar-refractivity contribution in [3.05, 3.63) is 84.6 Å². The number of rotatable bonds is 19. The number of aromatic amines is 2. The van der Waals surface area contributed by atoms with E-state index in [4.69, 9.17) is 38.4 Å². The molecule has 2 aliphatic heterocycles. The standard InChI is InChI=1S/C52H64N8O10/c1-29(2)42(57-51(63)67-7)49(61)59-21-9-10-41(59)47-54-38-20-16-33(27-39(38)55-47)31-11-13-32(14-12-31)36-18-19-37(46(70-25-23-66-6)45(36)69-24-22-65-5)40-28-53-48(56-40)44-34-15-17-35(26-34)60(44)50(62)43(30(3)4)58-52(64)68-8/h11-20,27-30,34-35,41-44H,9-10,21-26H2,1-8H3,(H,53,56)(H,54,55)(H,57,63)(H,58,64)/t34-,35-,41+,42+,43+,44+/m1/s1. The molecule has 2 bridgehead atoms. The monoisotopic (exact) mass is 960 g/mol. The fourth-order valence-corrected chi connectivity index (χ4v) is 9.82. The molecule has 3 aliphatic rings. The van der Waals surface area contributed by atoms with Gasteiger partial charge >= 0.3 is 12.2 Å². The van der Waals surface area contributed by atoms with Crippen LogP contribution in [0.2, 0.25) is 0 Å². The number of carbonyl (C=O) groups excluding carboxylic acids is 4. The topological polar surface area (TPSA) is 212 Å². The number of hydrogen-bond acceptors (Lipinski definition) is 12. The number of ether oxygens (including phenoxy) is 6. The van der Waals surface area contributed by atoms with Gasteiger partial charge in [-0.3, -0.25) is 9.59 Å². The maximum atomic E-state index is 14.2. The highest BCUT2D eigenvalue weighted by molar-refractivity contribution is 5.89. The molecule has 70 heavy (non-hydrogen) atoms. The molecule has 5 aromatic rings. The second-order valence-corrected chi connectivity index (χ2v) is 18.6. The van der Waals surface area contributed by atoms with E-state index < -0.39 is 24.3 Å². The number of carbonyl (C=O) groups is 4. The fourth-order valence-electron chi connectivity index (χ4n) is 9.82. The third-order valence-corrected chi connectivity index (χ3v) is 13.4. The minimum atomic E-state index is -0.781. The first-order chi connectivity index (χ1) is 33.8. The molecule has 2 aromatic heterocycles. The average molecular weight is 961 g/mol. The first kappa shape index (κ1) is 49.5. The van der Waals surface area contributed by atoms with E-state index in [1.165, 1.54) is 14.2 Å². The Labute approximate surface area is 407 Å². The van der Waals surface area contributed by atoms with Gasteiger partial charge < -0.3 is 58.8 Å². The highest BCUT2D eigenvalue weighted by Gasteiger charge is 2.49. The van der Waals surface area contributed by atoms with E-state index in [1.807, 2.05) is 73.9 Å². The van der Waals surface area contributed by atoms with Gasteiger partial charge in [-0.05, 0) is 72.1 Å². The van der Waals surface area contributed by atoms with Crippen molar-refractivity contribution in [3.8, 4) is 45.0 Å². The maximum absolute atomic E-state index is 14.2. The van der Waals surface area contributed by atoms with Gasteiger partial charge in [0.05, 0.1) is 68.5 Å². The van der Waals surface area contributed by atoms with Crippen molar-refractivity contribution in [1.29, 1.82) is 0 Å². The first-order valence-electron chi connectivity index (χ1n) is 23.9. The van der Waals surface area contributed by atoms with Crippen molar-refractivity contribution in [1.82, 2.24) is 40.4 Å². The zero-order valence-corrected chi connectivity index (χ0v) is 41.1. The number of amides is 4. The molecule has 0 saturated carbocycles. The lowest BCUT2D eigenvalue weighted by Gasteiger charge is -2.35.